The second kappa shape index (κ2) is 4.74. The van der Waals surface area contributed by atoms with Crippen LogP contribution in [-0.4, -0.2) is 29.8 Å². The number of hydrogen-bond donors (Lipinski definition) is 1. The van der Waals surface area contributed by atoms with Gasteiger partial charge in [0.15, 0.2) is 0 Å². The van der Waals surface area contributed by atoms with E-state index in [9.17, 15) is 4.79 Å². The van der Waals surface area contributed by atoms with E-state index in [4.69, 9.17) is 4.74 Å². The Morgan fingerprint density at radius 2 is 2.32 bits per heavy atom. The van der Waals surface area contributed by atoms with E-state index in [1.807, 2.05) is 24.3 Å². The zero-order chi connectivity index (χ0) is 13.4. The van der Waals surface area contributed by atoms with Crippen molar-refractivity contribution in [2.24, 2.45) is 0 Å². The minimum absolute atomic E-state index is 0.0810. The van der Waals surface area contributed by atoms with Crippen molar-refractivity contribution in [2.45, 2.75) is 11.7 Å². The summed E-state index contributed by atoms with van der Waals surface area (Å²) in [5.74, 6) is 0.811. The number of aromatic nitrogens is 1. The summed E-state index contributed by atoms with van der Waals surface area (Å²) in [6.45, 7) is 0.612. The molecule has 0 aliphatic carbocycles. The fraction of sp³-hybridized carbons (Fsp3) is 0.286. The predicted octanol–water partition coefficient (Wildman–Crippen LogP) is 2.28. The quantitative estimate of drug-likeness (QED) is 0.854. The van der Waals surface area contributed by atoms with Crippen LogP contribution >= 0.6 is 12.6 Å². The molecule has 1 aromatic carbocycles. The van der Waals surface area contributed by atoms with Crippen molar-refractivity contribution in [1.82, 2.24) is 4.98 Å². The fourth-order valence-corrected chi connectivity index (χ4v) is 2.71. The van der Waals surface area contributed by atoms with Gasteiger partial charge in [-0.05, 0) is 12.1 Å². The van der Waals surface area contributed by atoms with Gasteiger partial charge in [-0.15, -0.1) is 0 Å². The Morgan fingerprint density at radius 1 is 1.47 bits per heavy atom. The number of carbonyl (C=O) groups excluding carboxylic acids is 1. The van der Waals surface area contributed by atoms with Gasteiger partial charge in [0.2, 0.25) is 5.91 Å². The molecular formula is C14H14N2O2S. The second-order valence-corrected chi connectivity index (χ2v) is 5.31. The number of fused-ring (bicyclic) bond motifs is 1. The van der Waals surface area contributed by atoms with Gasteiger partial charge in [0.05, 0.1) is 18.3 Å². The van der Waals surface area contributed by atoms with Gasteiger partial charge in [-0.25, -0.2) is 0 Å². The molecule has 19 heavy (non-hydrogen) atoms. The normalized spacial score (nSPS) is 19.2. The standard InChI is InChI=1S/C14H14N2O2S/c1-18-10-5-9-3-2-4-15-14(9)12(6-10)16-8-11(19)7-13(16)17/h2-6,11,19H,7-8H2,1H3. The van der Waals surface area contributed by atoms with Crippen LogP contribution in [0.5, 0.6) is 5.75 Å². The minimum atomic E-state index is 0.0810. The lowest BCUT2D eigenvalue weighted by Gasteiger charge is -2.18. The summed E-state index contributed by atoms with van der Waals surface area (Å²) < 4.78 is 5.30. The first-order valence-corrected chi connectivity index (χ1v) is 6.62. The Balaban J connectivity index is 2.18. The highest BCUT2D eigenvalue weighted by Crippen LogP contribution is 2.33. The summed E-state index contributed by atoms with van der Waals surface area (Å²) in [6, 6.07) is 7.62. The van der Waals surface area contributed by atoms with E-state index in [0.29, 0.717) is 13.0 Å². The van der Waals surface area contributed by atoms with Gasteiger partial charge in [-0.1, -0.05) is 6.07 Å². The molecule has 98 valence electrons. The number of nitrogens with zero attached hydrogens (tertiary/aromatic N) is 2. The molecule has 5 heteroatoms. The molecule has 0 saturated carbocycles. The smallest absolute Gasteiger partial charge is 0.228 e. The molecule has 0 radical (unpaired) electrons. The summed E-state index contributed by atoms with van der Waals surface area (Å²) in [4.78, 5) is 18.2. The molecule has 1 aliphatic heterocycles. The van der Waals surface area contributed by atoms with Crippen molar-refractivity contribution in [3.05, 3.63) is 30.5 Å². The molecule has 3 rings (SSSR count). The number of carbonyl (C=O) groups is 1. The molecule has 1 amide bonds. The number of rotatable bonds is 2. The molecule has 2 aromatic rings. The molecule has 1 aliphatic rings. The zero-order valence-corrected chi connectivity index (χ0v) is 11.4. The summed E-state index contributed by atoms with van der Waals surface area (Å²) in [7, 11) is 1.62. The van der Waals surface area contributed by atoms with Crippen LogP contribution in [0.3, 0.4) is 0 Å². The summed E-state index contributed by atoms with van der Waals surface area (Å²) >= 11 is 4.39. The lowest BCUT2D eigenvalue weighted by atomic mass is 10.1. The molecule has 1 aromatic heterocycles. The molecule has 1 saturated heterocycles. The van der Waals surface area contributed by atoms with Gasteiger partial charge >= 0.3 is 0 Å². The molecule has 0 bridgehead atoms. The Kier molecular flexibility index (Phi) is 3.06. The van der Waals surface area contributed by atoms with Crippen molar-refractivity contribution in [3.8, 4) is 5.75 Å². The van der Waals surface area contributed by atoms with Crippen molar-refractivity contribution >= 4 is 35.1 Å². The summed E-state index contributed by atoms with van der Waals surface area (Å²) in [5.41, 5.74) is 1.62. The number of anilines is 1. The fourth-order valence-electron chi connectivity index (χ4n) is 2.39. The molecule has 1 unspecified atom stereocenters. The van der Waals surface area contributed by atoms with E-state index in [0.717, 1.165) is 22.3 Å². The summed E-state index contributed by atoms with van der Waals surface area (Å²) in [6.07, 6.45) is 2.20. The third-order valence-corrected chi connectivity index (χ3v) is 3.64. The van der Waals surface area contributed by atoms with Gasteiger partial charge in [-0.2, -0.15) is 12.6 Å². The molecule has 2 heterocycles. The van der Waals surface area contributed by atoms with Gasteiger partial charge < -0.3 is 9.64 Å². The highest BCUT2D eigenvalue weighted by Gasteiger charge is 2.30. The Morgan fingerprint density at radius 3 is 3.00 bits per heavy atom. The first kappa shape index (κ1) is 12.3. The van der Waals surface area contributed by atoms with Crippen LogP contribution in [0, 0.1) is 0 Å². The number of hydrogen-bond acceptors (Lipinski definition) is 4. The molecule has 1 fully saturated rings. The molecule has 0 spiro atoms. The van der Waals surface area contributed by atoms with Crippen LogP contribution in [0.4, 0.5) is 5.69 Å². The number of thiol groups is 1. The van der Waals surface area contributed by atoms with Crippen LogP contribution < -0.4 is 9.64 Å². The minimum Gasteiger partial charge on any atom is -0.497 e. The Labute approximate surface area is 116 Å². The highest BCUT2D eigenvalue weighted by atomic mass is 32.1. The Hall–Kier alpha value is -1.75. The van der Waals surface area contributed by atoms with Crippen LogP contribution in [0.15, 0.2) is 30.5 Å². The van der Waals surface area contributed by atoms with Crippen LogP contribution in [0.1, 0.15) is 6.42 Å². The molecule has 4 nitrogen and oxygen atoms in total. The van der Waals surface area contributed by atoms with E-state index in [2.05, 4.69) is 17.6 Å². The maximum atomic E-state index is 12.0. The predicted molar refractivity (Wildman–Crippen MR) is 78.0 cm³/mol. The topological polar surface area (TPSA) is 42.4 Å². The number of ether oxygens (including phenoxy) is 1. The molecule has 0 N–H and O–H groups in total. The van der Waals surface area contributed by atoms with E-state index in [-0.39, 0.29) is 11.2 Å². The number of amides is 1. The van der Waals surface area contributed by atoms with E-state index in [1.165, 1.54) is 0 Å². The van der Waals surface area contributed by atoms with Crippen LogP contribution in [0.25, 0.3) is 10.9 Å². The zero-order valence-electron chi connectivity index (χ0n) is 10.5. The lowest BCUT2D eigenvalue weighted by Crippen LogP contribution is -2.25. The van der Waals surface area contributed by atoms with Crippen LogP contribution in [-0.2, 0) is 4.79 Å². The van der Waals surface area contributed by atoms with Gasteiger partial charge in [0.1, 0.15) is 5.75 Å². The average Bonchev–Trinajstić information content (AvgIpc) is 2.76. The van der Waals surface area contributed by atoms with E-state index < -0.39 is 0 Å². The third-order valence-electron chi connectivity index (χ3n) is 3.29. The first-order valence-electron chi connectivity index (χ1n) is 6.10. The Bertz CT molecular complexity index is 644. The first-order chi connectivity index (χ1) is 9.19. The lowest BCUT2D eigenvalue weighted by molar-refractivity contribution is -0.117. The van der Waals surface area contributed by atoms with Crippen molar-refractivity contribution in [3.63, 3.8) is 0 Å². The second-order valence-electron chi connectivity index (χ2n) is 4.58. The van der Waals surface area contributed by atoms with Crippen molar-refractivity contribution < 1.29 is 9.53 Å². The number of benzene rings is 1. The van der Waals surface area contributed by atoms with E-state index >= 15 is 0 Å². The maximum Gasteiger partial charge on any atom is 0.228 e. The largest absolute Gasteiger partial charge is 0.497 e. The van der Waals surface area contributed by atoms with Crippen LogP contribution in [0.2, 0.25) is 0 Å². The van der Waals surface area contributed by atoms with Crippen molar-refractivity contribution in [2.75, 3.05) is 18.6 Å². The average molecular weight is 274 g/mol. The SMILES string of the molecule is COc1cc(N2CC(S)CC2=O)c2ncccc2c1. The van der Waals surface area contributed by atoms with Crippen molar-refractivity contribution in [1.29, 1.82) is 0 Å². The number of pyridine rings is 1. The molecular weight excluding hydrogens is 260 g/mol. The maximum absolute atomic E-state index is 12.0. The molecule has 1 atom stereocenters. The van der Waals surface area contributed by atoms with E-state index in [1.54, 1.807) is 18.2 Å². The van der Waals surface area contributed by atoms with Gasteiger partial charge in [0, 0.05) is 35.9 Å². The van der Waals surface area contributed by atoms with Gasteiger partial charge in [-0.3, -0.25) is 9.78 Å². The third kappa shape index (κ3) is 2.14. The van der Waals surface area contributed by atoms with Gasteiger partial charge in [0.25, 0.3) is 0 Å². The number of methoxy groups -OCH3 is 1. The highest BCUT2D eigenvalue weighted by molar-refractivity contribution is 7.81. The summed E-state index contributed by atoms with van der Waals surface area (Å²) in [5, 5.41) is 1.05. The monoisotopic (exact) mass is 274 g/mol.